The van der Waals surface area contributed by atoms with E-state index in [9.17, 15) is 9.90 Å². The Morgan fingerprint density at radius 1 is 1.14 bits per heavy atom. The van der Waals surface area contributed by atoms with Gasteiger partial charge in [-0.15, -0.1) is 0 Å². The van der Waals surface area contributed by atoms with Crippen molar-refractivity contribution in [1.29, 1.82) is 0 Å². The van der Waals surface area contributed by atoms with Crippen molar-refractivity contribution in [2.75, 3.05) is 50.7 Å². The molecule has 3 N–H and O–H groups in total. The highest BCUT2D eigenvalue weighted by Crippen LogP contribution is 2.31. The first-order valence-corrected chi connectivity index (χ1v) is 10.2. The van der Waals surface area contributed by atoms with Crippen LogP contribution in [0.5, 0.6) is 0 Å². The largest absolute Gasteiger partial charge is 0.389 e. The van der Waals surface area contributed by atoms with Crippen molar-refractivity contribution < 1.29 is 9.90 Å². The lowest BCUT2D eigenvalue weighted by atomic mass is 9.79. The minimum absolute atomic E-state index is 0.0563. The predicted molar refractivity (Wildman–Crippen MR) is 110 cm³/mol. The SMILES string of the molecule is O=C(CN1CCN(c2ncccn2)CC1)N[C@]1(c2ccccc2)CCNC[C@H]1O. The first-order valence-electron chi connectivity index (χ1n) is 10.2. The fourth-order valence-corrected chi connectivity index (χ4v) is 4.21. The molecule has 8 heteroatoms. The van der Waals surface area contributed by atoms with Gasteiger partial charge in [-0.3, -0.25) is 9.69 Å². The summed E-state index contributed by atoms with van der Waals surface area (Å²) in [6.45, 7) is 4.65. The Bertz CT molecular complexity index is 797. The summed E-state index contributed by atoms with van der Waals surface area (Å²) in [5.41, 5.74) is 0.205. The number of nitrogens with zero attached hydrogens (tertiary/aromatic N) is 4. The van der Waals surface area contributed by atoms with Crippen molar-refractivity contribution in [3.05, 3.63) is 54.4 Å². The number of β-amino-alcohol motifs (C(OH)–C–C–N with tert-alkyl or cyclic N) is 1. The van der Waals surface area contributed by atoms with Gasteiger partial charge in [-0.05, 0) is 24.6 Å². The average Bonchev–Trinajstić information content (AvgIpc) is 2.77. The third-order valence-electron chi connectivity index (χ3n) is 5.83. The fraction of sp³-hybridized carbons (Fsp3) is 0.476. The molecular weight excluding hydrogens is 368 g/mol. The zero-order chi connectivity index (χ0) is 20.1. The summed E-state index contributed by atoms with van der Waals surface area (Å²) in [6, 6.07) is 11.6. The zero-order valence-corrected chi connectivity index (χ0v) is 16.5. The maximum Gasteiger partial charge on any atom is 0.234 e. The van der Waals surface area contributed by atoms with Gasteiger partial charge in [0.1, 0.15) is 0 Å². The molecule has 0 radical (unpaired) electrons. The van der Waals surface area contributed by atoms with Gasteiger partial charge >= 0.3 is 0 Å². The number of carbonyl (C=O) groups is 1. The zero-order valence-electron chi connectivity index (χ0n) is 16.5. The summed E-state index contributed by atoms with van der Waals surface area (Å²) in [4.78, 5) is 25.8. The number of aliphatic hydroxyl groups excluding tert-OH is 1. The van der Waals surface area contributed by atoms with Crippen LogP contribution in [0, 0.1) is 0 Å². The number of piperazine rings is 1. The van der Waals surface area contributed by atoms with Crippen LogP contribution < -0.4 is 15.5 Å². The molecule has 0 spiro atoms. The Labute approximate surface area is 171 Å². The molecule has 0 bridgehead atoms. The van der Waals surface area contributed by atoms with Gasteiger partial charge in [0.05, 0.1) is 18.2 Å². The number of anilines is 1. The third-order valence-corrected chi connectivity index (χ3v) is 5.83. The van der Waals surface area contributed by atoms with Crippen molar-refractivity contribution in [2.45, 2.75) is 18.1 Å². The number of aromatic nitrogens is 2. The van der Waals surface area contributed by atoms with E-state index in [4.69, 9.17) is 0 Å². The van der Waals surface area contributed by atoms with Crippen molar-refractivity contribution >= 4 is 11.9 Å². The van der Waals surface area contributed by atoms with Crippen LogP contribution in [0.3, 0.4) is 0 Å². The van der Waals surface area contributed by atoms with E-state index >= 15 is 0 Å². The monoisotopic (exact) mass is 396 g/mol. The minimum Gasteiger partial charge on any atom is -0.389 e. The number of rotatable bonds is 5. The van der Waals surface area contributed by atoms with Gasteiger partial charge in [0.2, 0.25) is 11.9 Å². The van der Waals surface area contributed by atoms with Gasteiger partial charge in [0.15, 0.2) is 0 Å². The molecule has 2 aromatic rings. The molecule has 1 amide bonds. The Morgan fingerprint density at radius 3 is 2.55 bits per heavy atom. The van der Waals surface area contributed by atoms with Crippen LogP contribution in [0.15, 0.2) is 48.8 Å². The smallest absolute Gasteiger partial charge is 0.234 e. The summed E-state index contributed by atoms with van der Waals surface area (Å²) in [6.07, 6.45) is 3.48. The van der Waals surface area contributed by atoms with E-state index in [1.165, 1.54) is 0 Å². The molecule has 8 nitrogen and oxygen atoms in total. The van der Waals surface area contributed by atoms with Gasteiger partial charge in [-0.1, -0.05) is 30.3 Å². The summed E-state index contributed by atoms with van der Waals surface area (Å²) in [7, 11) is 0. The van der Waals surface area contributed by atoms with E-state index in [0.717, 1.165) is 44.2 Å². The molecule has 2 saturated heterocycles. The molecule has 0 aliphatic carbocycles. The van der Waals surface area contributed by atoms with Crippen LogP contribution in [0.1, 0.15) is 12.0 Å². The summed E-state index contributed by atoms with van der Waals surface area (Å²) >= 11 is 0. The normalized spacial score (nSPS) is 25.6. The fourth-order valence-electron chi connectivity index (χ4n) is 4.21. The van der Waals surface area contributed by atoms with E-state index in [-0.39, 0.29) is 5.91 Å². The number of benzene rings is 1. The quantitative estimate of drug-likeness (QED) is 0.653. The van der Waals surface area contributed by atoms with E-state index in [2.05, 4.69) is 30.4 Å². The summed E-state index contributed by atoms with van der Waals surface area (Å²) in [5.74, 6) is 0.677. The lowest BCUT2D eigenvalue weighted by Crippen LogP contribution is -2.62. The van der Waals surface area contributed by atoms with Gasteiger partial charge < -0.3 is 20.6 Å². The Morgan fingerprint density at radius 2 is 1.86 bits per heavy atom. The number of hydrogen-bond acceptors (Lipinski definition) is 7. The number of carbonyl (C=O) groups excluding carboxylic acids is 1. The molecule has 4 rings (SSSR count). The molecule has 1 aromatic carbocycles. The number of nitrogens with one attached hydrogen (secondary N) is 2. The van der Waals surface area contributed by atoms with Crippen molar-refractivity contribution in [3.8, 4) is 0 Å². The lowest BCUT2D eigenvalue weighted by molar-refractivity contribution is -0.127. The summed E-state index contributed by atoms with van der Waals surface area (Å²) < 4.78 is 0. The lowest BCUT2D eigenvalue weighted by Gasteiger charge is -2.43. The highest BCUT2D eigenvalue weighted by atomic mass is 16.3. The maximum absolute atomic E-state index is 12.9. The highest BCUT2D eigenvalue weighted by molar-refractivity contribution is 5.79. The van der Waals surface area contributed by atoms with Crippen LogP contribution in [0.25, 0.3) is 0 Å². The molecule has 0 saturated carbocycles. The van der Waals surface area contributed by atoms with Gasteiger partial charge in [-0.25, -0.2) is 9.97 Å². The minimum atomic E-state index is -0.747. The molecule has 2 aliphatic rings. The Kier molecular flexibility index (Phi) is 6.03. The molecule has 2 fully saturated rings. The molecule has 2 atom stereocenters. The van der Waals surface area contributed by atoms with Crippen molar-refractivity contribution in [2.24, 2.45) is 0 Å². The van der Waals surface area contributed by atoms with Gasteiger partial charge in [-0.2, -0.15) is 0 Å². The van der Waals surface area contributed by atoms with Crippen LogP contribution in [0.4, 0.5) is 5.95 Å². The third kappa shape index (κ3) is 4.39. The number of aliphatic hydroxyl groups is 1. The van der Waals surface area contributed by atoms with Gasteiger partial charge in [0.25, 0.3) is 0 Å². The van der Waals surface area contributed by atoms with Gasteiger partial charge in [0, 0.05) is 45.1 Å². The molecule has 2 aliphatic heterocycles. The van der Waals surface area contributed by atoms with Crippen LogP contribution in [-0.4, -0.2) is 77.8 Å². The molecule has 3 heterocycles. The molecule has 154 valence electrons. The Balaban J connectivity index is 1.38. The number of piperidine rings is 1. The van der Waals surface area contributed by atoms with Crippen LogP contribution in [-0.2, 0) is 10.3 Å². The first kappa shape index (κ1) is 19.8. The average molecular weight is 396 g/mol. The van der Waals surface area contributed by atoms with E-state index in [0.29, 0.717) is 19.5 Å². The topological polar surface area (TPSA) is 93.6 Å². The predicted octanol–water partition coefficient (Wildman–Crippen LogP) is -0.0355. The van der Waals surface area contributed by atoms with E-state index in [1.54, 1.807) is 12.4 Å². The second kappa shape index (κ2) is 8.86. The second-order valence-electron chi connectivity index (χ2n) is 7.67. The van der Waals surface area contributed by atoms with Crippen LogP contribution in [0.2, 0.25) is 0 Å². The number of hydrogen-bond donors (Lipinski definition) is 3. The second-order valence-corrected chi connectivity index (χ2v) is 7.67. The first-order chi connectivity index (χ1) is 14.2. The molecule has 1 aromatic heterocycles. The summed E-state index contributed by atoms with van der Waals surface area (Å²) in [5, 5.41) is 17.2. The van der Waals surface area contributed by atoms with E-state index < -0.39 is 11.6 Å². The molecule has 29 heavy (non-hydrogen) atoms. The molecular formula is C21H28N6O2. The number of amides is 1. The van der Waals surface area contributed by atoms with E-state index in [1.807, 2.05) is 36.4 Å². The Hall–Kier alpha value is -2.55. The standard InChI is InChI=1S/C21H28N6O2/c28-18-15-22-10-7-21(18,17-5-2-1-3-6-17)25-19(29)16-26-11-13-27(14-12-26)20-23-8-4-9-24-20/h1-6,8-9,18,22,28H,7,10-16H2,(H,25,29)/t18-,21+/m1/s1. The van der Waals surface area contributed by atoms with Crippen molar-refractivity contribution in [3.63, 3.8) is 0 Å². The van der Waals surface area contributed by atoms with Crippen molar-refractivity contribution in [1.82, 2.24) is 25.5 Å². The molecule has 0 unspecified atom stereocenters. The van der Waals surface area contributed by atoms with Crippen LogP contribution >= 0.6 is 0 Å². The highest BCUT2D eigenvalue weighted by Gasteiger charge is 2.42. The maximum atomic E-state index is 12.9.